The molecule has 5 nitrogen and oxygen atoms in total. The first kappa shape index (κ1) is 19.9. The van der Waals surface area contributed by atoms with Gasteiger partial charge in [0, 0.05) is 34.8 Å². The maximum absolute atomic E-state index is 6.56. The van der Waals surface area contributed by atoms with Gasteiger partial charge in [-0.1, -0.05) is 54.6 Å². The van der Waals surface area contributed by atoms with E-state index in [2.05, 4.69) is 82.3 Å². The van der Waals surface area contributed by atoms with Gasteiger partial charge < -0.3 is 11.1 Å². The van der Waals surface area contributed by atoms with Crippen molar-refractivity contribution in [2.75, 3.05) is 11.9 Å². The van der Waals surface area contributed by atoms with E-state index in [1.54, 1.807) is 0 Å². The fraction of sp³-hybridized carbons (Fsp3) is 0.214. The van der Waals surface area contributed by atoms with E-state index in [4.69, 9.17) is 10.7 Å². The van der Waals surface area contributed by atoms with Crippen molar-refractivity contribution in [2.45, 2.75) is 31.7 Å². The Bertz CT molecular complexity index is 1450. The Morgan fingerprint density at radius 3 is 2.48 bits per heavy atom. The van der Waals surface area contributed by atoms with Gasteiger partial charge >= 0.3 is 0 Å². The van der Waals surface area contributed by atoms with Crippen LogP contribution in [0.15, 0.2) is 79.1 Å². The van der Waals surface area contributed by atoms with Crippen LogP contribution in [0.25, 0.3) is 38.8 Å². The standard InChI is InChI=1S/C28H27N5/c1-2-30-27-31-18-25-23-17-22(19-7-4-3-5-8-19)26(32-24(23)13-16-33(25)27)20-9-11-21(12-10-20)28(29)14-6-15-28/h3-5,7-13,16-18H,2,6,14-15,29H2,1H3,(H,30,31). The van der Waals surface area contributed by atoms with E-state index in [1.165, 1.54) is 12.0 Å². The van der Waals surface area contributed by atoms with E-state index in [-0.39, 0.29) is 5.54 Å². The summed E-state index contributed by atoms with van der Waals surface area (Å²) in [4.78, 5) is 9.74. The largest absolute Gasteiger partial charge is 0.356 e. The van der Waals surface area contributed by atoms with Gasteiger partial charge in [-0.15, -0.1) is 0 Å². The maximum atomic E-state index is 6.56. The number of anilines is 1. The zero-order valence-electron chi connectivity index (χ0n) is 18.8. The van der Waals surface area contributed by atoms with E-state index in [9.17, 15) is 0 Å². The molecule has 2 aromatic carbocycles. The molecule has 1 aliphatic rings. The average molecular weight is 434 g/mol. The predicted octanol–water partition coefficient (Wildman–Crippen LogP) is 5.99. The number of fused-ring (bicyclic) bond motifs is 3. The second-order valence-corrected chi connectivity index (χ2v) is 8.95. The molecule has 0 unspecified atom stereocenters. The Balaban J connectivity index is 1.55. The highest BCUT2D eigenvalue weighted by atomic mass is 15.2. The third-order valence-corrected chi connectivity index (χ3v) is 6.90. The van der Waals surface area contributed by atoms with Crippen molar-refractivity contribution >= 4 is 22.4 Å². The number of benzene rings is 2. The molecule has 3 heterocycles. The van der Waals surface area contributed by atoms with Gasteiger partial charge in [-0.05, 0) is 49.4 Å². The summed E-state index contributed by atoms with van der Waals surface area (Å²) in [6, 6.07) is 23.5. The molecule has 5 aromatic rings. The summed E-state index contributed by atoms with van der Waals surface area (Å²) >= 11 is 0. The predicted molar refractivity (Wildman–Crippen MR) is 135 cm³/mol. The number of aromatic nitrogens is 3. The van der Waals surface area contributed by atoms with E-state index in [1.807, 2.05) is 18.5 Å². The molecule has 0 bridgehead atoms. The van der Waals surface area contributed by atoms with Gasteiger partial charge in [-0.25, -0.2) is 9.97 Å². The number of nitrogens with two attached hydrogens (primary N) is 1. The monoisotopic (exact) mass is 433 g/mol. The molecule has 0 amide bonds. The Labute approximate surface area is 193 Å². The molecule has 0 aliphatic heterocycles. The third kappa shape index (κ3) is 3.28. The molecule has 0 saturated heterocycles. The lowest BCUT2D eigenvalue weighted by molar-refractivity contribution is 0.253. The number of nitrogens with zero attached hydrogens (tertiary/aromatic N) is 3. The normalized spacial score (nSPS) is 15.0. The minimum atomic E-state index is -0.157. The third-order valence-electron chi connectivity index (χ3n) is 6.90. The fourth-order valence-electron chi connectivity index (χ4n) is 4.87. The van der Waals surface area contributed by atoms with Gasteiger partial charge in [-0.3, -0.25) is 4.40 Å². The van der Waals surface area contributed by atoms with Crippen LogP contribution in [0.2, 0.25) is 0 Å². The molecule has 33 heavy (non-hydrogen) atoms. The zero-order valence-corrected chi connectivity index (χ0v) is 18.8. The highest BCUT2D eigenvalue weighted by Crippen LogP contribution is 2.40. The maximum Gasteiger partial charge on any atom is 0.207 e. The lowest BCUT2D eigenvalue weighted by Gasteiger charge is -2.38. The Kier molecular flexibility index (Phi) is 4.66. The van der Waals surface area contributed by atoms with Crippen LogP contribution in [0.4, 0.5) is 5.95 Å². The molecule has 0 atom stereocenters. The first-order valence-corrected chi connectivity index (χ1v) is 11.7. The van der Waals surface area contributed by atoms with Crippen LogP contribution in [-0.2, 0) is 5.54 Å². The lowest BCUT2D eigenvalue weighted by Crippen LogP contribution is -2.43. The number of hydrogen-bond donors (Lipinski definition) is 2. The van der Waals surface area contributed by atoms with Gasteiger partial charge in [-0.2, -0.15) is 0 Å². The topological polar surface area (TPSA) is 68.2 Å². The SMILES string of the molecule is CCNc1ncc2c3cc(-c4ccccc4)c(-c4ccc(C5(N)CCC5)cc4)nc3ccn12. The van der Waals surface area contributed by atoms with Crippen LogP contribution < -0.4 is 11.1 Å². The summed E-state index contributed by atoms with van der Waals surface area (Å²) in [6.45, 7) is 2.90. The van der Waals surface area contributed by atoms with Crippen LogP contribution in [0.3, 0.4) is 0 Å². The molecular weight excluding hydrogens is 406 g/mol. The van der Waals surface area contributed by atoms with Gasteiger partial charge in [0.2, 0.25) is 5.95 Å². The molecule has 1 fully saturated rings. The van der Waals surface area contributed by atoms with Crippen LogP contribution in [0.5, 0.6) is 0 Å². The number of pyridine rings is 2. The second kappa shape index (κ2) is 7.71. The van der Waals surface area contributed by atoms with E-state index in [0.29, 0.717) is 0 Å². The second-order valence-electron chi connectivity index (χ2n) is 8.95. The van der Waals surface area contributed by atoms with Crippen molar-refractivity contribution in [3.8, 4) is 22.4 Å². The highest BCUT2D eigenvalue weighted by Gasteiger charge is 2.34. The van der Waals surface area contributed by atoms with Gasteiger partial charge in [0.05, 0.1) is 22.9 Å². The summed E-state index contributed by atoms with van der Waals surface area (Å²) in [5, 5.41) is 4.41. The van der Waals surface area contributed by atoms with Crippen LogP contribution in [0.1, 0.15) is 31.7 Å². The Hall–Kier alpha value is -3.70. The Morgan fingerprint density at radius 2 is 1.79 bits per heavy atom. The van der Waals surface area contributed by atoms with Crippen molar-refractivity contribution in [2.24, 2.45) is 5.73 Å². The number of nitrogens with one attached hydrogen (secondary N) is 1. The van der Waals surface area contributed by atoms with Crippen LogP contribution in [0, 0.1) is 0 Å². The van der Waals surface area contributed by atoms with Crippen LogP contribution in [-0.4, -0.2) is 20.9 Å². The Morgan fingerprint density at radius 1 is 1.00 bits per heavy atom. The average Bonchev–Trinajstić information content (AvgIpc) is 3.26. The molecule has 3 aromatic heterocycles. The minimum absolute atomic E-state index is 0.157. The summed E-state index contributed by atoms with van der Waals surface area (Å²) in [5.74, 6) is 0.849. The molecular formula is C28H27N5. The molecule has 1 saturated carbocycles. The quantitative estimate of drug-likeness (QED) is 0.357. The number of rotatable bonds is 5. The molecule has 5 heteroatoms. The van der Waals surface area contributed by atoms with E-state index in [0.717, 1.165) is 64.1 Å². The smallest absolute Gasteiger partial charge is 0.207 e. The molecule has 0 radical (unpaired) electrons. The minimum Gasteiger partial charge on any atom is -0.356 e. The molecule has 0 spiro atoms. The summed E-state index contributed by atoms with van der Waals surface area (Å²) in [6.07, 6.45) is 7.30. The zero-order chi connectivity index (χ0) is 22.4. The van der Waals surface area contributed by atoms with E-state index < -0.39 is 0 Å². The number of hydrogen-bond acceptors (Lipinski definition) is 4. The van der Waals surface area contributed by atoms with Crippen molar-refractivity contribution in [1.29, 1.82) is 0 Å². The number of imidazole rings is 1. The van der Waals surface area contributed by atoms with Crippen molar-refractivity contribution in [1.82, 2.24) is 14.4 Å². The first-order chi connectivity index (χ1) is 16.2. The van der Waals surface area contributed by atoms with Gasteiger partial charge in [0.1, 0.15) is 0 Å². The van der Waals surface area contributed by atoms with Crippen molar-refractivity contribution < 1.29 is 0 Å². The van der Waals surface area contributed by atoms with Crippen molar-refractivity contribution in [3.05, 3.63) is 84.7 Å². The molecule has 6 rings (SSSR count). The first-order valence-electron chi connectivity index (χ1n) is 11.7. The fourth-order valence-corrected chi connectivity index (χ4v) is 4.87. The van der Waals surface area contributed by atoms with Crippen LogP contribution >= 0.6 is 0 Å². The summed E-state index contributed by atoms with van der Waals surface area (Å²) in [5.41, 5.74) is 14.0. The van der Waals surface area contributed by atoms with Gasteiger partial charge in [0.15, 0.2) is 0 Å². The molecule has 164 valence electrons. The molecule has 3 N–H and O–H groups in total. The summed E-state index contributed by atoms with van der Waals surface area (Å²) < 4.78 is 2.09. The van der Waals surface area contributed by atoms with Crippen molar-refractivity contribution in [3.63, 3.8) is 0 Å². The van der Waals surface area contributed by atoms with Gasteiger partial charge in [0.25, 0.3) is 0 Å². The molecule has 1 aliphatic carbocycles. The highest BCUT2D eigenvalue weighted by molar-refractivity contribution is 5.99. The summed E-state index contributed by atoms with van der Waals surface area (Å²) in [7, 11) is 0. The lowest BCUT2D eigenvalue weighted by atomic mass is 9.72. The van der Waals surface area contributed by atoms with E-state index >= 15 is 0 Å².